The van der Waals surface area contributed by atoms with E-state index in [-0.39, 0.29) is 22.9 Å². The number of esters is 1. The zero-order valence-electron chi connectivity index (χ0n) is 17.9. The van der Waals surface area contributed by atoms with Gasteiger partial charge in [-0.15, -0.1) is 0 Å². The third kappa shape index (κ3) is 5.50. The third-order valence-corrected chi connectivity index (χ3v) is 6.09. The van der Waals surface area contributed by atoms with E-state index < -0.39 is 34.0 Å². The summed E-state index contributed by atoms with van der Waals surface area (Å²) in [6.45, 7) is 3.60. The predicted molar refractivity (Wildman–Crippen MR) is 123 cm³/mol. The Bertz CT molecular complexity index is 1130. The highest BCUT2D eigenvalue weighted by Crippen LogP contribution is 2.46. The molecule has 2 atom stereocenters. The Morgan fingerprint density at radius 2 is 1.88 bits per heavy atom. The molecule has 0 radical (unpaired) electrons. The van der Waals surface area contributed by atoms with Gasteiger partial charge in [-0.05, 0) is 31.5 Å². The number of nitrogens with two attached hydrogens (primary N) is 1. The number of urea groups is 1. The molecule has 2 aromatic rings. The van der Waals surface area contributed by atoms with Gasteiger partial charge in [-0.1, -0.05) is 41.6 Å². The lowest BCUT2D eigenvalue weighted by atomic mass is 9.87. The van der Waals surface area contributed by atoms with Gasteiger partial charge in [-0.2, -0.15) is 0 Å². The molecular weight excluding hydrogens is 448 g/mol. The molecule has 0 bridgehead atoms. The molecule has 3 amide bonds. The first-order valence-corrected chi connectivity index (χ1v) is 10.9. The first-order valence-electron chi connectivity index (χ1n) is 9.97. The van der Waals surface area contributed by atoms with Gasteiger partial charge in [0.1, 0.15) is 5.25 Å². The molecule has 0 spiro atoms. The number of amides is 3. The first-order chi connectivity index (χ1) is 15.7. The Balaban J connectivity index is 1.87. The fraction of sp³-hybridized carbons (Fsp3) is 0.227. The standard InChI is InChI=1S/C22H22N4O6S/c1-3-32-21(28)17-16(13-5-4-6-15(11-13)26(30)31)18(33-19(17)23)20(27)25-22(29)24-14-9-7-12(2)8-10-14/h4-11,16,18H,3,23H2,1-2H3,(H2,24,25,27,29). The number of carbonyl (C=O) groups excluding carboxylic acids is 3. The second-order valence-electron chi connectivity index (χ2n) is 7.18. The van der Waals surface area contributed by atoms with Crippen LogP contribution < -0.4 is 16.4 Å². The number of anilines is 1. The fourth-order valence-electron chi connectivity index (χ4n) is 3.37. The molecule has 2 aromatic carbocycles. The maximum atomic E-state index is 13.0. The van der Waals surface area contributed by atoms with Crippen molar-refractivity contribution in [2.75, 3.05) is 11.9 Å². The number of carbonyl (C=O) groups is 3. The zero-order valence-corrected chi connectivity index (χ0v) is 18.7. The number of imide groups is 1. The number of nitro benzene ring substituents is 1. The van der Waals surface area contributed by atoms with E-state index in [9.17, 15) is 24.5 Å². The third-order valence-electron chi connectivity index (χ3n) is 4.87. The van der Waals surface area contributed by atoms with Gasteiger partial charge in [-0.3, -0.25) is 20.2 Å². The molecule has 0 aliphatic carbocycles. The average molecular weight is 471 g/mol. The molecule has 2 unspecified atom stereocenters. The SMILES string of the molecule is CCOC(=O)C1=C(N)SC(C(=O)NC(=O)Nc2ccc(C)cc2)C1c1cccc([N+](=O)[O-])c1. The van der Waals surface area contributed by atoms with Gasteiger partial charge < -0.3 is 15.8 Å². The lowest BCUT2D eigenvalue weighted by Gasteiger charge is -2.21. The van der Waals surface area contributed by atoms with E-state index in [4.69, 9.17) is 10.5 Å². The summed E-state index contributed by atoms with van der Waals surface area (Å²) in [5.41, 5.74) is 7.71. The average Bonchev–Trinajstić information content (AvgIpc) is 3.13. The molecule has 1 aliphatic heterocycles. The van der Waals surface area contributed by atoms with Crippen LogP contribution in [0.5, 0.6) is 0 Å². The van der Waals surface area contributed by atoms with Crippen LogP contribution in [-0.4, -0.2) is 34.7 Å². The topological polar surface area (TPSA) is 154 Å². The first kappa shape index (κ1) is 23.8. The summed E-state index contributed by atoms with van der Waals surface area (Å²) in [4.78, 5) is 48.7. The molecule has 172 valence electrons. The summed E-state index contributed by atoms with van der Waals surface area (Å²) < 4.78 is 5.09. The van der Waals surface area contributed by atoms with Crippen LogP contribution in [0.1, 0.15) is 24.0 Å². The second kappa shape index (κ2) is 10.2. The van der Waals surface area contributed by atoms with Crippen LogP contribution in [0.2, 0.25) is 0 Å². The van der Waals surface area contributed by atoms with Crippen LogP contribution in [0.4, 0.5) is 16.2 Å². The highest BCUT2D eigenvalue weighted by molar-refractivity contribution is 8.04. The number of non-ortho nitro benzene ring substituents is 1. The summed E-state index contributed by atoms with van der Waals surface area (Å²) in [6.07, 6.45) is 0. The van der Waals surface area contributed by atoms with Gasteiger partial charge in [0.05, 0.1) is 22.1 Å². The van der Waals surface area contributed by atoms with Crippen molar-refractivity contribution in [1.29, 1.82) is 0 Å². The van der Waals surface area contributed by atoms with Crippen molar-refractivity contribution in [1.82, 2.24) is 5.32 Å². The highest BCUT2D eigenvalue weighted by Gasteiger charge is 2.44. The minimum Gasteiger partial charge on any atom is -0.463 e. The Morgan fingerprint density at radius 1 is 1.18 bits per heavy atom. The van der Waals surface area contributed by atoms with Gasteiger partial charge in [0, 0.05) is 23.7 Å². The predicted octanol–water partition coefficient (Wildman–Crippen LogP) is 3.18. The fourth-order valence-corrected chi connectivity index (χ4v) is 4.58. The molecule has 10 nitrogen and oxygen atoms in total. The highest BCUT2D eigenvalue weighted by atomic mass is 32.2. The maximum Gasteiger partial charge on any atom is 0.337 e. The molecule has 0 aromatic heterocycles. The largest absolute Gasteiger partial charge is 0.463 e. The Morgan fingerprint density at radius 3 is 2.52 bits per heavy atom. The van der Waals surface area contributed by atoms with Crippen LogP contribution >= 0.6 is 11.8 Å². The van der Waals surface area contributed by atoms with Gasteiger partial charge >= 0.3 is 12.0 Å². The van der Waals surface area contributed by atoms with Gasteiger partial charge in [0.15, 0.2) is 0 Å². The van der Waals surface area contributed by atoms with Crippen molar-refractivity contribution < 1.29 is 24.0 Å². The van der Waals surface area contributed by atoms with Crippen molar-refractivity contribution in [3.8, 4) is 0 Å². The number of hydrogen-bond acceptors (Lipinski definition) is 8. The van der Waals surface area contributed by atoms with Crippen LogP contribution in [0.15, 0.2) is 59.1 Å². The normalized spacial score (nSPS) is 17.4. The lowest BCUT2D eigenvalue weighted by Crippen LogP contribution is -2.41. The number of rotatable bonds is 6. The van der Waals surface area contributed by atoms with Crippen molar-refractivity contribution in [3.63, 3.8) is 0 Å². The smallest absolute Gasteiger partial charge is 0.337 e. The maximum absolute atomic E-state index is 13.0. The molecule has 11 heteroatoms. The zero-order chi connectivity index (χ0) is 24.1. The van der Waals surface area contributed by atoms with E-state index in [1.807, 2.05) is 6.92 Å². The van der Waals surface area contributed by atoms with Crippen LogP contribution in [0.3, 0.4) is 0 Å². The van der Waals surface area contributed by atoms with E-state index in [0.717, 1.165) is 17.3 Å². The Hall–Kier alpha value is -3.86. The molecular formula is C22H22N4O6S. The number of hydrogen-bond donors (Lipinski definition) is 3. The molecule has 0 saturated heterocycles. The van der Waals surface area contributed by atoms with E-state index in [1.54, 1.807) is 37.3 Å². The summed E-state index contributed by atoms with van der Waals surface area (Å²) in [7, 11) is 0. The summed E-state index contributed by atoms with van der Waals surface area (Å²) in [5.74, 6) is -2.37. The minimum absolute atomic E-state index is 0.0291. The monoisotopic (exact) mass is 470 g/mol. The molecule has 1 aliphatic rings. The number of aryl methyl sites for hydroxylation is 1. The minimum atomic E-state index is -1.02. The van der Waals surface area contributed by atoms with Gasteiger partial charge in [0.2, 0.25) is 5.91 Å². The number of nitro groups is 1. The molecule has 0 fully saturated rings. The molecule has 0 saturated carbocycles. The van der Waals surface area contributed by atoms with Crippen LogP contribution in [-0.2, 0) is 14.3 Å². The lowest BCUT2D eigenvalue weighted by molar-refractivity contribution is -0.384. The number of thioether (sulfide) groups is 1. The summed E-state index contributed by atoms with van der Waals surface area (Å²) in [6, 6.07) is 11.8. The van der Waals surface area contributed by atoms with Crippen molar-refractivity contribution in [2.45, 2.75) is 25.0 Å². The van der Waals surface area contributed by atoms with Crippen molar-refractivity contribution in [2.24, 2.45) is 5.73 Å². The number of nitrogens with zero attached hydrogens (tertiary/aromatic N) is 1. The van der Waals surface area contributed by atoms with Crippen molar-refractivity contribution >= 4 is 41.0 Å². The van der Waals surface area contributed by atoms with Crippen molar-refractivity contribution in [3.05, 3.63) is 80.4 Å². The number of benzene rings is 2. The van der Waals surface area contributed by atoms with E-state index in [2.05, 4.69) is 10.6 Å². The van der Waals surface area contributed by atoms with Crippen LogP contribution in [0, 0.1) is 17.0 Å². The second-order valence-corrected chi connectivity index (χ2v) is 8.36. The number of nitrogens with one attached hydrogen (secondary N) is 2. The molecule has 1 heterocycles. The Kier molecular flexibility index (Phi) is 7.34. The Labute approximate surface area is 193 Å². The summed E-state index contributed by atoms with van der Waals surface area (Å²) >= 11 is 0.898. The summed E-state index contributed by atoms with van der Waals surface area (Å²) in [5, 5.41) is 15.1. The van der Waals surface area contributed by atoms with E-state index in [1.165, 1.54) is 18.2 Å². The van der Waals surface area contributed by atoms with Gasteiger partial charge in [0.25, 0.3) is 5.69 Å². The van der Waals surface area contributed by atoms with E-state index >= 15 is 0 Å². The van der Waals surface area contributed by atoms with Gasteiger partial charge in [-0.25, -0.2) is 9.59 Å². The number of ether oxygens (including phenoxy) is 1. The molecule has 3 rings (SSSR count). The van der Waals surface area contributed by atoms with Crippen LogP contribution in [0.25, 0.3) is 0 Å². The molecule has 4 N–H and O–H groups in total. The van der Waals surface area contributed by atoms with E-state index in [0.29, 0.717) is 11.3 Å². The molecule has 33 heavy (non-hydrogen) atoms. The quantitative estimate of drug-likeness (QED) is 0.330.